The van der Waals surface area contributed by atoms with Gasteiger partial charge in [-0.3, -0.25) is 9.13 Å². The van der Waals surface area contributed by atoms with Crippen molar-refractivity contribution in [1.82, 2.24) is 24.2 Å². The summed E-state index contributed by atoms with van der Waals surface area (Å²) in [5.74, 6) is -0.719. The first-order valence-corrected chi connectivity index (χ1v) is 13.4. The molecule has 0 N–H and O–H groups in total. The number of halogens is 3. The third-order valence-electron chi connectivity index (χ3n) is 6.57. The number of aromatic nitrogens is 4. The van der Waals surface area contributed by atoms with Crippen LogP contribution in [-0.2, 0) is 11.3 Å². The lowest BCUT2D eigenvalue weighted by molar-refractivity contribution is 0.0188. The Balaban J connectivity index is 1.39. The number of benzene rings is 2. The van der Waals surface area contributed by atoms with E-state index in [0.717, 1.165) is 21.1 Å². The molecule has 1 amide bonds. The van der Waals surface area contributed by atoms with E-state index in [1.54, 1.807) is 33.7 Å². The summed E-state index contributed by atoms with van der Waals surface area (Å²) in [6.45, 7) is 6.82. The topological polar surface area (TPSA) is 95.4 Å². The SMILES string of the molecule is CC(C)(C)OC(=O)N1CCC(n2c(=O)n(Cc3ccc(-c4nnc(C(F)F)o4)cc3)c3cc(Br)ccc32)CC1. The standard InChI is InChI=1S/C27H28BrF2N5O4/c1-27(2,3)39-26(37)33-12-10-19(11-13-33)35-20-9-8-18(28)14-21(20)34(25(35)36)15-16-4-6-17(7-5-16)23-31-32-24(38-23)22(29)30/h4-9,14,19,22H,10-13,15H2,1-3H3. The maximum atomic E-state index is 13.8. The van der Waals surface area contributed by atoms with E-state index in [-0.39, 0.29) is 23.7 Å². The van der Waals surface area contributed by atoms with E-state index < -0.39 is 17.9 Å². The highest BCUT2D eigenvalue weighted by atomic mass is 79.9. The number of imidazole rings is 1. The summed E-state index contributed by atoms with van der Waals surface area (Å²) in [6, 6.07) is 12.7. The number of carbonyl (C=O) groups is 1. The predicted molar refractivity (Wildman–Crippen MR) is 144 cm³/mol. The Labute approximate surface area is 231 Å². The molecule has 1 aliphatic heterocycles. The Morgan fingerprint density at radius 2 is 1.79 bits per heavy atom. The van der Waals surface area contributed by atoms with Gasteiger partial charge in [-0.1, -0.05) is 28.1 Å². The van der Waals surface area contributed by atoms with Gasteiger partial charge in [0.1, 0.15) is 5.60 Å². The molecule has 9 nitrogen and oxygen atoms in total. The van der Waals surface area contributed by atoms with Crippen molar-refractivity contribution in [3.8, 4) is 11.5 Å². The zero-order valence-electron chi connectivity index (χ0n) is 21.7. The van der Waals surface area contributed by atoms with Crippen molar-refractivity contribution >= 4 is 33.1 Å². The van der Waals surface area contributed by atoms with E-state index in [4.69, 9.17) is 9.15 Å². The van der Waals surface area contributed by atoms with E-state index in [9.17, 15) is 18.4 Å². The van der Waals surface area contributed by atoms with Gasteiger partial charge in [0.2, 0.25) is 5.89 Å². The van der Waals surface area contributed by atoms with Gasteiger partial charge in [0.25, 0.3) is 5.89 Å². The van der Waals surface area contributed by atoms with Gasteiger partial charge in [0.05, 0.1) is 17.6 Å². The van der Waals surface area contributed by atoms with Crippen LogP contribution >= 0.6 is 15.9 Å². The van der Waals surface area contributed by atoms with Gasteiger partial charge < -0.3 is 14.1 Å². The molecular formula is C27H28BrF2N5O4. The summed E-state index contributed by atoms with van der Waals surface area (Å²) in [5.41, 5.74) is 2.25. The number of fused-ring (bicyclic) bond motifs is 1. The molecule has 0 saturated carbocycles. The van der Waals surface area contributed by atoms with Gasteiger partial charge in [0, 0.05) is 29.2 Å². The molecule has 0 aliphatic carbocycles. The second kappa shape index (κ2) is 10.6. The van der Waals surface area contributed by atoms with Crippen LogP contribution in [0, 0.1) is 0 Å². The zero-order valence-corrected chi connectivity index (χ0v) is 23.3. The summed E-state index contributed by atoms with van der Waals surface area (Å²) in [4.78, 5) is 28.0. The van der Waals surface area contributed by atoms with Gasteiger partial charge in [-0.05, 0) is 69.5 Å². The minimum Gasteiger partial charge on any atom is -0.444 e. The quantitative estimate of drug-likeness (QED) is 0.270. The summed E-state index contributed by atoms with van der Waals surface area (Å²) in [7, 11) is 0. The molecule has 0 bridgehead atoms. The number of likely N-dealkylation sites (tertiary alicyclic amines) is 1. The molecule has 5 rings (SSSR count). The van der Waals surface area contributed by atoms with Crippen LogP contribution in [0.25, 0.3) is 22.5 Å². The number of ether oxygens (including phenoxy) is 1. The Hall–Kier alpha value is -3.54. The van der Waals surface area contributed by atoms with Gasteiger partial charge in [-0.25, -0.2) is 9.59 Å². The largest absolute Gasteiger partial charge is 0.444 e. The highest BCUT2D eigenvalue weighted by Gasteiger charge is 2.30. The van der Waals surface area contributed by atoms with Crippen LogP contribution in [-0.4, -0.2) is 49.0 Å². The fraction of sp³-hybridized carbons (Fsp3) is 0.407. The van der Waals surface area contributed by atoms with Gasteiger partial charge in [0.15, 0.2) is 0 Å². The molecule has 12 heteroatoms. The fourth-order valence-corrected chi connectivity index (χ4v) is 5.12. The molecule has 206 valence electrons. The molecular weight excluding hydrogens is 576 g/mol. The average molecular weight is 604 g/mol. The predicted octanol–water partition coefficient (Wildman–Crippen LogP) is 6.17. The molecule has 1 saturated heterocycles. The highest BCUT2D eigenvalue weighted by Crippen LogP contribution is 2.29. The van der Waals surface area contributed by atoms with Crippen LogP contribution in [0.5, 0.6) is 0 Å². The zero-order chi connectivity index (χ0) is 27.9. The maximum Gasteiger partial charge on any atom is 0.410 e. The molecule has 2 aromatic carbocycles. The number of hydrogen-bond donors (Lipinski definition) is 0. The molecule has 3 heterocycles. The van der Waals surface area contributed by atoms with Crippen molar-refractivity contribution in [1.29, 1.82) is 0 Å². The fourth-order valence-electron chi connectivity index (χ4n) is 4.77. The van der Waals surface area contributed by atoms with E-state index >= 15 is 0 Å². The molecule has 1 aliphatic rings. The Morgan fingerprint density at radius 1 is 1.10 bits per heavy atom. The van der Waals surface area contributed by atoms with Gasteiger partial charge in [-0.2, -0.15) is 8.78 Å². The van der Waals surface area contributed by atoms with Gasteiger partial charge in [-0.15, -0.1) is 10.2 Å². The molecule has 0 radical (unpaired) electrons. The van der Waals surface area contributed by atoms with Crippen LogP contribution in [0.4, 0.5) is 13.6 Å². The minimum atomic E-state index is -2.83. The van der Waals surface area contributed by atoms with Crippen molar-refractivity contribution in [2.75, 3.05) is 13.1 Å². The van der Waals surface area contributed by atoms with Crippen LogP contribution in [0.2, 0.25) is 0 Å². The summed E-state index contributed by atoms with van der Waals surface area (Å²) in [5, 5.41) is 7.05. The number of amides is 1. The van der Waals surface area contributed by atoms with Crippen LogP contribution in [0.15, 0.2) is 56.1 Å². The maximum absolute atomic E-state index is 13.8. The lowest BCUT2D eigenvalue weighted by atomic mass is 10.0. The summed E-state index contributed by atoms with van der Waals surface area (Å²) in [6.07, 6.45) is -1.91. The third kappa shape index (κ3) is 5.75. The first-order valence-electron chi connectivity index (χ1n) is 12.6. The second-order valence-electron chi connectivity index (χ2n) is 10.5. The number of rotatable bonds is 5. The molecule has 1 fully saturated rings. The molecule has 4 aromatic rings. The smallest absolute Gasteiger partial charge is 0.410 e. The molecule has 39 heavy (non-hydrogen) atoms. The molecule has 0 spiro atoms. The summed E-state index contributed by atoms with van der Waals surface area (Å²) >= 11 is 3.52. The highest BCUT2D eigenvalue weighted by molar-refractivity contribution is 9.10. The number of hydrogen-bond acceptors (Lipinski definition) is 6. The van der Waals surface area contributed by atoms with Crippen molar-refractivity contribution in [3.63, 3.8) is 0 Å². The molecule has 0 atom stereocenters. The van der Waals surface area contributed by atoms with E-state index in [1.807, 2.05) is 43.5 Å². The minimum absolute atomic E-state index is 0.00674. The first-order chi connectivity index (χ1) is 18.5. The van der Waals surface area contributed by atoms with Crippen molar-refractivity contribution in [2.45, 2.75) is 58.2 Å². The number of alkyl halides is 2. The summed E-state index contributed by atoms with van der Waals surface area (Å²) < 4.78 is 40.5. The Bertz CT molecular complexity index is 1550. The number of carbonyl (C=O) groups excluding carboxylic acids is 1. The average Bonchev–Trinajstić information content (AvgIpc) is 3.48. The first kappa shape index (κ1) is 27.0. The molecule has 0 unspecified atom stereocenters. The third-order valence-corrected chi connectivity index (χ3v) is 7.07. The van der Waals surface area contributed by atoms with Crippen molar-refractivity contribution in [3.05, 3.63) is 68.9 Å². The van der Waals surface area contributed by atoms with Crippen molar-refractivity contribution in [2.24, 2.45) is 0 Å². The van der Waals surface area contributed by atoms with Gasteiger partial charge >= 0.3 is 18.2 Å². The number of nitrogens with zero attached hydrogens (tertiary/aromatic N) is 5. The van der Waals surface area contributed by atoms with E-state index in [0.29, 0.717) is 38.0 Å². The van der Waals surface area contributed by atoms with Crippen LogP contribution in [0.1, 0.15) is 57.5 Å². The normalized spacial score (nSPS) is 14.9. The lowest BCUT2D eigenvalue weighted by Crippen LogP contribution is -2.43. The molecule has 2 aromatic heterocycles. The van der Waals surface area contributed by atoms with Crippen molar-refractivity contribution < 1.29 is 22.7 Å². The Morgan fingerprint density at radius 3 is 2.41 bits per heavy atom. The lowest BCUT2D eigenvalue weighted by Gasteiger charge is -2.33. The monoisotopic (exact) mass is 603 g/mol. The Kier molecular flexibility index (Phi) is 7.32. The second-order valence-corrected chi connectivity index (χ2v) is 11.4. The van der Waals surface area contributed by atoms with Crippen LogP contribution < -0.4 is 5.69 Å². The van der Waals surface area contributed by atoms with E-state index in [2.05, 4.69) is 26.1 Å². The van der Waals surface area contributed by atoms with Crippen LogP contribution in [0.3, 0.4) is 0 Å². The number of piperidine rings is 1. The van der Waals surface area contributed by atoms with E-state index in [1.165, 1.54) is 0 Å².